The van der Waals surface area contributed by atoms with Crippen LogP contribution in [0.15, 0.2) is 48.5 Å². The zero-order chi connectivity index (χ0) is 15.2. The van der Waals surface area contributed by atoms with Gasteiger partial charge < -0.3 is 10.1 Å². The topological polar surface area (TPSA) is 55.4 Å². The number of esters is 1. The Hall–Kier alpha value is -2.69. The second-order valence-electron chi connectivity index (χ2n) is 4.38. The highest BCUT2D eigenvalue weighted by molar-refractivity contribution is 5.97. The van der Waals surface area contributed by atoms with Gasteiger partial charge in [-0.15, -0.1) is 0 Å². The maximum Gasteiger partial charge on any atom is 0.337 e. The summed E-state index contributed by atoms with van der Waals surface area (Å²) in [6.45, 7) is 0.279. The molecule has 0 aliphatic rings. The minimum atomic E-state index is -0.497. The summed E-state index contributed by atoms with van der Waals surface area (Å²) in [6, 6.07) is 12.1. The molecule has 1 amide bonds. The number of benzene rings is 2. The summed E-state index contributed by atoms with van der Waals surface area (Å²) >= 11 is 0. The Morgan fingerprint density at radius 1 is 1.10 bits per heavy atom. The van der Waals surface area contributed by atoms with Gasteiger partial charge in [0.05, 0.1) is 12.7 Å². The van der Waals surface area contributed by atoms with Crippen molar-refractivity contribution < 1.29 is 18.7 Å². The lowest BCUT2D eigenvalue weighted by atomic mass is 10.1. The van der Waals surface area contributed by atoms with E-state index in [1.54, 1.807) is 30.3 Å². The predicted octanol–water partition coefficient (Wildman–Crippen LogP) is 2.54. The zero-order valence-electron chi connectivity index (χ0n) is 11.4. The Bertz CT molecular complexity index is 653. The molecule has 0 heterocycles. The Kier molecular flexibility index (Phi) is 4.66. The van der Waals surface area contributed by atoms with E-state index in [0.29, 0.717) is 11.1 Å². The van der Waals surface area contributed by atoms with Crippen LogP contribution >= 0.6 is 0 Å². The molecule has 108 valence electrons. The lowest BCUT2D eigenvalue weighted by Crippen LogP contribution is -2.23. The number of carbonyl (C=O) groups excluding carboxylic acids is 2. The van der Waals surface area contributed by atoms with Crippen LogP contribution in [-0.2, 0) is 11.3 Å². The van der Waals surface area contributed by atoms with Gasteiger partial charge in [0, 0.05) is 12.1 Å². The van der Waals surface area contributed by atoms with Crippen molar-refractivity contribution in [2.45, 2.75) is 6.54 Å². The van der Waals surface area contributed by atoms with E-state index < -0.39 is 5.97 Å². The SMILES string of the molecule is COC(=O)c1cccc(C(=O)NCc2ccc(F)cc2)c1. The summed E-state index contributed by atoms with van der Waals surface area (Å²) in [6.07, 6.45) is 0. The normalized spacial score (nSPS) is 10.0. The Labute approximate surface area is 121 Å². The van der Waals surface area contributed by atoms with Crippen LogP contribution < -0.4 is 5.32 Å². The van der Waals surface area contributed by atoms with E-state index in [0.717, 1.165) is 5.56 Å². The molecule has 0 aromatic heterocycles. The summed E-state index contributed by atoms with van der Waals surface area (Å²) < 4.78 is 17.4. The third kappa shape index (κ3) is 3.89. The average molecular weight is 287 g/mol. The van der Waals surface area contributed by atoms with Gasteiger partial charge in [-0.25, -0.2) is 9.18 Å². The van der Waals surface area contributed by atoms with Gasteiger partial charge >= 0.3 is 5.97 Å². The quantitative estimate of drug-likeness (QED) is 0.879. The van der Waals surface area contributed by atoms with E-state index in [1.807, 2.05) is 0 Å². The van der Waals surface area contributed by atoms with Crippen molar-refractivity contribution in [3.63, 3.8) is 0 Å². The van der Waals surface area contributed by atoms with Crippen LogP contribution in [0.4, 0.5) is 4.39 Å². The number of amides is 1. The number of rotatable bonds is 4. The first-order chi connectivity index (χ1) is 10.1. The lowest BCUT2D eigenvalue weighted by molar-refractivity contribution is 0.0600. The molecule has 0 fully saturated rings. The van der Waals surface area contributed by atoms with E-state index in [1.165, 1.54) is 25.3 Å². The molecule has 21 heavy (non-hydrogen) atoms. The van der Waals surface area contributed by atoms with Crippen LogP contribution in [-0.4, -0.2) is 19.0 Å². The fourth-order valence-electron chi connectivity index (χ4n) is 1.79. The minimum Gasteiger partial charge on any atom is -0.465 e. The molecule has 0 aliphatic carbocycles. The molecule has 0 radical (unpaired) electrons. The number of methoxy groups -OCH3 is 1. The molecule has 0 spiro atoms. The van der Waals surface area contributed by atoms with Crippen LogP contribution in [0.2, 0.25) is 0 Å². The van der Waals surface area contributed by atoms with Crippen LogP contribution in [0.3, 0.4) is 0 Å². The molecule has 0 bridgehead atoms. The number of nitrogens with one attached hydrogen (secondary N) is 1. The van der Waals surface area contributed by atoms with Gasteiger partial charge in [0.1, 0.15) is 5.82 Å². The fourth-order valence-corrected chi connectivity index (χ4v) is 1.79. The third-order valence-electron chi connectivity index (χ3n) is 2.91. The van der Waals surface area contributed by atoms with Gasteiger partial charge in [0.2, 0.25) is 0 Å². The van der Waals surface area contributed by atoms with Gasteiger partial charge in [-0.05, 0) is 35.9 Å². The molecule has 1 N–H and O–H groups in total. The van der Waals surface area contributed by atoms with E-state index in [9.17, 15) is 14.0 Å². The Morgan fingerprint density at radius 3 is 2.43 bits per heavy atom. The van der Waals surface area contributed by atoms with Crippen molar-refractivity contribution in [2.24, 2.45) is 0 Å². The summed E-state index contributed by atoms with van der Waals surface area (Å²) in [4.78, 5) is 23.4. The van der Waals surface area contributed by atoms with Crippen molar-refractivity contribution in [2.75, 3.05) is 7.11 Å². The molecule has 2 aromatic carbocycles. The molecule has 4 nitrogen and oxygen atoms in total. The standard InChI is InChI=1S/C16H14FNO3/c1-21-16(20)13-4-2-3-12(9-13)15(19)18-10-11-5-7-14(17)8-6-11/h2-9H,10H2,1H3,(H,18,19). The van der Waals surface area contributed by atoms with Crippen molar-refractivity contribution in [1.82, 2.24) is 5.32 Å². The fraction of sp³-hybridized carbons (Fsp3) is 0.125. The van der Waals surface area contributed by atoms with Crippen LogP contribution in [0.1, 0.15) is 26.3 Å². The summed E-state index contributed by atoms with van der Waals surface area (Å²) in [5.41, 5.74) is 1.46. The van der Waals surface area contributed by atoms with Crippen molar-refractivity contribution >= 4 is 11.9 Å². The largest absolute Gasteiger partial charge is 0.465 e. The predicted molar refractivity (Wildman–Crippen MR) is 75.4 cm³/mol. The van der Waals surface area contributed by atoms with Gasteiger partial charge in [-0.3, -0.25) is 4.79 Å². The summed E-state index contributed by atoms with van der Waals surface area (Å²) in [7, 11) is 1.28. The van der Waals surface area contributed by atoms with E-state index in [4.69, 9.17) is 0 Å². The van der Waals surface area contributed by atoms with Gasteiger partial charge in [0.25, 0.3) is 5.91 Å². The Balaban J connectivity index is 2.03. The Morgan fingerprint density at radius 2 is 1.76 bits per heavy atom. The number of halogens is 1. The first-order valence-corrected chi connectivity index (χ1v) is 6.31. The second kappa shape index (κ2) is 6.65. The molecule has 2 aromatic rings. The third-order valence-corrected chi connectivity index (χ3v) is 2.91. The van der Waals surface area contributed by atoms with Crippen molar-refractivity contribution in [3.8, 4) is 0 Å². The van der Waals surface area contributed by atoms with E-state index >= 15 is 0 Å². The smallest absolute Gasteiger partial charge is 0.337 e. The van der Waals surface area contributed by atoms with Crippen LogP contribution in [0.25, 0.3) is 0 Å². The first kappa shape index (κ1) is 14.7. The number of carbonyl (C=O) groups is 2. The molecule has 0 saturated heterocycles. The van der Waals surface area contributed by atoms with E-state index in [-0.39, 0.29) is 18.3 Å². The van der Waals surface area contributed by atoms with Gasteiger partial charge in [-0.1, -0.05) is 18.2 Å². The second-order valence-corrected chi connectivity index (χ2v) is 4.38. The molecule has 0 saturated carbocycles. The molecular formula is C16H14FNO3. The zero-order valence-corrected chi connectivity index (χ0v) is 11.4. The van der Waals surface area contributed by atoms with Gasteiger partial charge in [-0.2, -0.15) is 0 Å². The highest BCUT2D eigenvalue weighted by Crippen LogP contribution is 2.08. The van der Waals surface area contributed by atoms with E-state index in [2.05, 4.69) is 10.1 Å². The summed E-state index contributed by atoms with van der Waals surface area (Å²) in [5, 5.41) is 2.71. The maximum absolute atomic E-state index is 12.8. The molecule has 0 aliphatic heterocycles. The highest BCUT2D eigenvalue weighted by atomic mass is 19.1. The molecule has 2 rings (SSSR count). The molecule has 0 atom stereocenters. The minimum absolute atomic E-state index is 0.279. The first-order valence-electron chi connectivity index (χ1n) is 6.31. The molecule has 0 unspecified atom stereocenters. The van der Waals surface area contributed by atoms with Crippen molar-refractivity contribution in [1.29, 1.82) is 0 Å². The van der Waals surface area contributed by atoms with Gasteiger partial charge in [0.15, 0.2) is 0 Å². The monoisotopic (exact) mass is 287 g/mol. The highest BCUT2D eigenvalue weighted by Gasteiger charge is 2.10. The number of hydrogen-bond donors (Lipinski definition) is 1. The molecule has 5 heteroatoms. The maximum atomic E-state index is 12.8. The number of ether oxygens (including phenoxy) is 1. The average Bonchev–Trinajstić information content (AvgIpc) is 2.53. The molecular weight excluding hydrogens is 273 g/mol. The van der Waals surface area contributed by atoms with Crippen LogP contribution in [0, 0.1) is 5.82 Å². The van der Waals surface area contributed by atoms with Crippen LogP contribution in [0.5, 0.6) is 0 Å². The number of hydrogen-bond acceptors (Lipinski definition) is 3. The summed E-state index contributed by atoms with van der Waals surface area (Å²) in [5.74, 6) is -1.14. The lowest BCUT2D eigenvalue weighted by Gasteiger charge is -2.06. The van der Waals surface area contributed by atoms with Crippen molar-refractivity contribution in [3.05, 3.63) is 71.0 Å².